The minimum Gasteiger partial charge on any atom is -0.486 e. The maximum Gasteiger partial charge on any atom is 0.128 e. The Balaban J connectivity index is 2.64. The van der Waals surface area contributed by atoms with Crippen LogP contribution < -0.4 is 4.74 Å². The van der Waals surface area contributed by atoms with Gasteiger partial charge in [0.1, 0.15) is 11.4 Å². The molecule has 1 nitrogen and oxygen atoms in total. The Hall–Kier alpha value is -0.690. The van der Waals surface area contributed by atoms with Gasteiger partial charge in [-0.25, -0.2) is 0 Å². The molecule has 0 amide bonds. The molecule has 0 unspecified atom stereocenters. The predicted octanol–water partition coefficient (Wildman–Crippen LogP) is 2.88. The molecule has 0 aliphatic heterocycles. The fraction of sp³-hybridized carbons (Fsp3) is 0.400. The van der Waals surface area contributed by atoms with E-state index < -0.39 is 0 Å². The summed E-state index contributed by atoms with van der Waals surface area (Å²) in [6.07, 6.45) is 0. The Morgan fingerprint density at radius 1 is 1.50 bits per heavy atom. The standard InChI is InChI=1S/C10H12ClO/c1-10(2,8-11)12-9-6-4-3-5-7-9/h3-6H,8H2,1-2H3. The molecule has 1 radical (unpaired) electrons. The van der Waals surface area contributed by atoms with Gasteiger partial charge in [0, 0.05) is 6.07 Å². The molecule has 0 spiro atoms. The van der Waals surface area contributed by atoms with Crippen LogP contribution in [0.15, 0.2) is 24.3 Å². The lowest BCUT2D eigenvalue weighted by atomic mass is 10.2. The van der Waals surface area contributed by atoms with E-state index >= 15 is 0 Å². The van der Waals surface area contributed by atoms with Crippen LogP contribution in [0, 0.1) is 6.07 Å². The van der Waals surface area contributed by atoms with Crippen LogP contribution in [0.1, 0.15) is 13.8 Å². The zero-order valence-electron chi connectivity index (χ0n) is 7.30. The molecule has 65 valence electrons. The zero-order valence-corrected chi connectivity index (χ0v) is 8.06. The third-order valence-electron chi connectivity index (χ3n) is 1.39. The van der Waals surface area contributed by atoms with E-state index in [1.165, 1.54) is 0 Å². The largest absolute Gasteiger partial charge is 0.486 e. The molecule has 0 saturated carbocycles. The van der Waals surface area contributed by atoms with Crippen LogP contribution in [0.2, 0.25) is 0 Å². The summed E-state index contributed by atoms with van der Waals surface area (Å²) in [4.78, 5) is 0. The quantitative estimate of drug-likeness (QED) is 0.655. The van der Waals surface area contributed by atoms with Crippen LogP contribution in [0.4, 0.5) is 0 Å². The Morgan fingerprint density at radius 3 is 2.75 bits per heavy atom. The average molecular weight is 184 g/mol. The number of para-hydroxylation sites is 1. The fourth-order valence-corrected chi connectivity index (χ4v) is 0.820. The predicted molar refractivity (Wildman–Crippen MR) is 50.7 cm³/mol. The second-order valence-corrected chi connectivity index (χ2v) is 3.49. The van der Waals surface area contributed by atoms with Gasteiger partial charge >= 0.3 is 0 Å². The van der Waals surface area contributed by atoms with Crippen LogP contribution >= 0.6 is 11.6 Å². The monoisotopic (exact) mass is 183 g/mol. The lowest BCUT2D eigenvalue weighted by molar-refractivity contribution is 0.134. The van der Waals surface area contributed by atoms with E-state index in [0.717, 1.165) is 5.75 Å². The van der Waals surface area contributed by atoms with Crippen molar-refractivity contribution in [2.45, 2.75) is 19.4 Å². The first-order valence-corrected chi connectivity index (χ1v) is 4.39. The molecule has 0 heterocycles. The Morgan fingerprint density at radius 2 is 2.25 bits per heavy atom. The molecule has 0 N–H and O–H groups in total. The van der Waals surface area contributed by atoms with Crippen LogP contribution in [-0.2, 0) is 0 Å². The Kier molecular flexibility index (Phi) is 2.99. The Labute approximate surface area is 78.3 Å². The van der Waals surface area contributed by atoms with Crippen LogP contribution in [0.3, 0.4) is 0 Å². The van der Waals surface area contributed by atoms with Crippen molar-refractivity contribution in [3.05, 3.63) is 30.3 Å². The van der Waals surface area contributed by atoms with Gasteiger partial charge in [0.15, 0.2) is 0 Å². The highest BCUT2D eigenvalue weighted by Crippen LogP contribution is 2.17. The molecule has 12 heavy (non-hydrogen) atoms. The third-order valence-corrected chi connectivity index (χ3v) is 2.03. The van der Waals surface area contributed by atoms with Crippen molar-refractivity contribution in [2.75, 3.05) is 5.88 Å². The van der Waals surface area contributed by atoms with E-state index in [0.29, 0.717) is 5.88 Å². The summed E-state index contributed by atoms with van der Waals surface area (Å²) >= 11 is 5.70. The molecule has 1 rings (SSSR count). The molecule has 0 atom stereocenters. The molecule has 1 aromatic carbocycles. The molecular formula is C10H12ClO. The first-order chi connectivity index (χ1) is 5.64. The van der Waals surface area contributed by atoms with Gasteiger partial charge in [-0.05, 0) is 19.9 Å². The fourth-order valence-electron chi connectivity index (χ4n) is 0.765. The highest BCUT2D eigenvalue weighted by atomic mass is 35.5. The van der Waals surface area contributed by atoms with Gasteiger partial charge in [-0.3, -0.25) is 0 Å². The van der Waals surface area contributed by atoms with E-state index in [9.17, 15) is 0 Å². The van der Waals surface area contributed by atoms with Crippen LogP contribution in [0.5, 0.6) is 5.75 Å². The number of rotatable bonds is 3. The maximum absolute atomic E-state index is 5.70. The summed E-state index contributed by atoms with van der Waals surface area (Å²) in [5, 5.41) is 0. The minimum atomic E-state index is -0.320. The summed E-state index contributed by atoms with van der Waals surface area (Å²) < 4.78 is 5.56. The highest BCUT2D eigenvalue weighted by Gasteiger charge is 2.17. The normalized spacial score (nSPS) is 11.2. The summed E-state index contributed by atoms with van der Waals surface area (Å²) in [6.45, 7) is 3.89. The molecule has 2 heteroatoms. The van der Waals surface area contributed by atoms with E-state index in [1.807, 2.05) is 38.1 Å². The summed E-state index contributed by atoms with van der Waals surface area (Å²) in [6, 6.07) is 10.5. The van der Waals surface area contributed by atoms with Gasteiger partial charge in [0.25, 0.3) is 0 Å². The van der Waals surface area contributed by atoms with Gasteiger partial charge in [-0.15, -0.1) is 11.6 Å². The summed E-state index contributed by atoms with van der Waals surface area (Å²) in [7, 11) is 0. The lowest BCUT2D eigenvalue weighted by Gasteiger charge is -2.23. The third kappa shape index (κ3) is 2.74. The SMILES string of the molecule is CC(C)(CCl)Oc1[c]cccc1. The van der Waals surface area contributed by atoms with Crippen molar-refractivity contribution < 1.29 is 4.74 Å². The van der Waals surface area contributed by atoms with E-state index in [4.69, 9.17) is 16.3 Å². The second-order valence-electron chi connectivity index (χ2n) is 3.22. The van der Waals surface area contributed by atoms with Crippen molar-refractivity contribution in [1.29, 1.82) is 0 Å². The van der Waals surface area contributed by atoms with Gasteiger partial charge in [-0.2, -0.15) is 0 Å². The van der Waals surface area contributed by atoms with Gasteiger partial charge in [0.05, 0.1) is 5.88 Å². The van der Waals surface area contributed by atoms with Crippen molar-refractivity contribution in [3.8, 4) is 5.75 Å². The molecule has 0 aromatic heterocycles. The highest BCUT2D eigenvalue weighted by molar-refractivity contribution is 6.18. The van der Waals surface area contributed by atoms with Gasteiger partial charge < -0.3 is 4.74 Å². The van der Waals surface area contributed by atoms with E-state index in [-0.39, 0.29) is 5.60 Å². The number of hydrogen-bond acceptors (Lipinski definition) is 1. The molecule has 0 fully saturated rings. The second kappa shape index (κ2) is 3.81. The van der Waals surface area contributed by atoms with E-state index in [2.05, 4.69) is 6.07 Å². The van der Waals surface area contributed by atoms with Crippen molar-refractivity contribution in [3.63, 3.8) is 0 Å². The molecule has 0 saturated heterocycles. The Bertz CT molecular complexity index is 231. The molecule has 0 aliphatic rings. The first kappa shape index (κ1) is 9.40. The van der Waals surface area contributed by atoms with Crippen molar-refractivity contribution in [2.24, 2.45) is 0 Å². The summed E-state index contributed by atoms with van der Waals surface area (Å²) in [5.41, 5.74) is -0.320. The van der Waals surface area contributed by atoms with Gasteiger partial charge in [0.2, 0.25) is 0 Å². The molecule has 0 aliphatic carbocycles. The van der Waals surface area contributed by atoms with Gasteiger partial charge in [-0.1, -0.05) is 18.2 Å². The number of ether oxygens (including phenoxy) is 1. The van der Waals surface area contributed by atoms with Crippen LogP contribution in [-0.4, -0.2) is 11.5 Å². The number of halogens is 1. The molecule has 0 bridgehead atoms. The minimum absolute atomic E-state index is 0.320. The first-order valence-electron chi connectivity index (χ1n) is 3.86. The lowest BCUT2D eigenvalue weighted by Crippen LogP contribution is -2.30. The number of alkyl halides is 1. The number of hydrogen-bond donors (Lipinski definition) is 0. The zero-order chi connectivity index (χ0) is 9.03. The van der Waals surface area contributed by atoms with Crippen LogP contribution in [0.25, 0.3) is 0 Å². The molecule has 1 aromatic rings. The van der Waals surface area contributed by atoms with Crippen molar-refractivity contribution in [1.82, 2.24) is 0 Å². The average Bonchev–Trinajstić information content (AvgIpc) is 2.06. The number of benzene rings is 1. The topological polar surface area (TPSA) is 9.23 Å². The summed E-state index contributed by atoms with van der Waals surface area (Å²) in [5.74, 6) is 1.21. The smallest absolute Gasteiger partial charge is 0.128 e. The molecular weight excluding hydrogens is 172 g/mol. The van der Waals surface area contributed by atoms with E-state index in [1.54, 1.807) is 0 Å². The maximum atomic E-state index is 5.70. The van der Waals surface area contributed by atoms with Crippen molar-refractivity contribution >= 4 is 11.6 Å².